The van der Waals surface area contributed by atoms with E-state index in [1.807, 2.05) is 18.2 Å². The molecule has 0 unspecified atom stereocenters. The SMILES string of the molecule is Cc1cc(C)c(N2CCN(c3c(C)cc(C)cc3C)[C]2=[Ru]([Cl])([Cl])=[C]2c3ccccc3-c3ccccc32)c(C)c1.c1ccncc1. The molecule has 0 saturated carbocycles. The van der Waals surface area contributed by atoms with E-state index in [-0.39, 0.29) is 0 Å². The van der Waals surface area contributed by atoms with Crippen molar-refractivity contribution in [1.29, 1.82) is 0 Å². The zero-order valence-electron chi connectivity index (χ0n) is 26.7. The third kappa shape index (κ3) is 5.85. The zero-order valence-corrected chi connectivity index (χ0v) is 29.9. The van der Waals surface area contributed by atoms with Crippen molar-refractivity contribution in [3.05, 3.63) is 148 Å². The molecule has 1 aliphatic heterocycles. The molecule has 0 spiro atoms. The topological polar surface area (TPSA) is 19.4 Å². The van der Waals surface area contributed by atoms with Crippen LogP contribution in [0.4, 0.5) is 11.4 Å². The molecule has 5 aromatic rings. The van der Waals surface area contributed by atoms with Gasteiger partial charge in [-0.05, 0) is 12.1 Å². The van der Waals surface area contributed by atoms with Crippen molar-refractivity contribution >= 4 is 39.2 Å². The van der Waals surface area contributed by atoms with Crippen molar-refractivity contribution in [3.8, 4) is 11.1 Å². The Morgan fingerprint density at radius 1 is 0.533 bits per heavy atom. The normalized spacial score (nSPS) is 14.2. The number of hydrogen-bond acceptors (Lipinski definition) is 3. The second kappa shape index (κ2) is 12.8. The maximum atomic E-state index is 7.94. The van der Waals surface area contributed by atoms with Crippen LogP contribution in [0, 0.1) is 41.5 Å². The number of hydrogen-bond donors (Lipinski definition) is 0. The Kier molecular flexibility index (Phi) is 8.94. The van der Waals surface area contributed by atoms with Gasteiger partial charge in [0.1, 0.15) is 0 Å². The van der Waals surface area contributed by atoms with Gasteiger partial charge in [-0.1, -0.05) is 6.07 Å². The van der Waals surface area contributed by atoms with Crippen LogP contribution >= 0.6 is 19.4 Å². The van der Waals surface area contributed by atoms with Crippen LogP contribution in [-0.4, -0.2) is 26.5 Å². The van der Waals surface area contributed by atoms with Crippen LogP contribution in [0.1, 0.15) is 44.5 Å². The van der Waals surface area contributed by atoms with Gasteiger partial charge in [-0.3, -0.25) is 4.98 Å². The Bertz CT molecular complexity index is 1850. The van der Waals surface area contributed by atoms with Crippen LogP contribution in [0.3, 0.4) is 0 Å². The van der Waals surface area contributed by atoms with Gasteiger partial charge in [0.25, 0.3) is 0 Å². The minimum atomic E-state index is -3.77. The molecule has 232 valence electrons. The van der Waals surface area contributed by atoms with Crippen molar-refractivity contribution in [3.63, 3.8) is 0 Å². The Hall–Kier alpha value is -3.43. The molecule has 0 radical (unpaired) electrons. The molecule has 1 saturated heterocycles. The zero-order chi connectivity index (χ0) is 31.9. The summed E-state index contributed by atoms with van der Waals surface area (Å²) in [4.78, 5) is 8.68. The molecule has 0 amide bonds. The number of aryl methyl sites for hydroxylation is 6. The predicted octanol–water partition coefficient (Wildman–Crippen LogP) is 9.74. The van der Waals surface area contributed by atoms with Gasteiger partial charge in [-0.15, -0.1) is 0 Å². The molecule has 0 atom stereocenters. The number of fused-ring (bicyclic) bond motifs is 3. The standard InChI is InChI=1S/C21H26N2.C13H8.C5H5N.2ClH.Ru/c1-14-9-16(3)20(17(4)10-14)22-7-8-23(13-22)21-18(5)11-15(2)12-19(21)6;1-3-7-12-10(5-1)9-11-6-2-4-8-13(11)12;1-2-4-6-5-3-1;;;/h9-12H,7-8H2,1-6H3;1-8H;1-5H;2*1H;/q;;;;;+2/p-2. The number of aromatic nitrogens is 1. The Morgan fingerprint density at radius 2 is 0.911 bits per heavy atom. The van der Waals surface area contributed by atoms with E-state index in [0.717, 1.165) is 21.6 Å². The summed E-state index contributed by atoms with van der Waals surface area (Å²) in [6.07, 6.45) is 3.50. The first-order valence-corrected chi connectivity index (χ1v) is 21.4. The molecule has 1 aromatic heterocycles. The summed E-state index contributed by atoms with van der Waals surface area (Å²) in [7, 11) is 15.9. The van der Waals surface area contributed by atoms with E-state index in [9.17, 15) is 0 Å². The summed E-state index contributed by atoms with van der Waals surface area (Å²) < 4.78 is 2.19. The fraction of sp³-hybridized carbons (Fsp3) is 0.205. The quantitative estimate of drug-likeness (QED) is 0.166. The molecule has 45 heavy (non-hydrogen) atoms. The predicted molar refractivity (Wildman–Crippen MR) is 192 cm³/mol. The fourth-order valence-electron chi connectivity index (χ4n) is 6.95. The fourth-order valence-corrected chi connectivity index (χ4v) is 14.6. The first-order valence-electron chi connectivity index (χ1n) is 15.2. The van der Waals surface area contributed by atoms with Crippen LogP contribution < -0.4 is 9.80 Å². The minimum Gasteiger partial charge on any atom is -0.265 e. The van der Waals surface area contributed by atoms with Crippen molar-refractivity contribution in [2.45, 2.75) is 41.5 Å². The van der Waals surface area contributed by atoms with Crippen LogP contribution in [0.5, 0.6) is 0 Å². The van der Waals surface area contributed by atoms with Crippen LogP contribution in [0.2, 0.25) is 0 Å². The second-order valence-electron chi connectivity index (χ2n) is 11.9. The maximum Gasteiger partial charge on any atom is 0.0267 e. The van der Waals surface area contributed by atoms with E-state index < -0.39 is 11.9 Å². The van der Waals surface area contributed by atoms with E-state index in [1.165, 1.54) is 67.0 Å². The molecule has 4 aromatic carbocycles. The van der Waals surface area contributed by atoms with Crippen LogP contribution in [0.15, 0.2) is 103 Å². The Balaban J connectivity index is 0.000000535. The average Bonchev–Trinajstić information content (AvgIpc) is 3.58. The Labute approximate surface area is 278 Å². The van der Waals surface area contributed by atoms with Gasteiger partial charge in [0.2, 0.25) is 0 Å². The van der Waals surface area contributed by atoms with Crippen LogP contribution in [-0.2, 0) is 11.9 Å². The monoisotopic (exact) mass is 721 g/mol. The summed E-state index contributed by atoms with van der Waals surface area (Å²) in [5.74, 6) is 0. The number of benzene rings is 4. The van der Waals surface area contributed by atoms with Gasteiger partial charge >= 0.3 is 244 Å². The molecule has 2 aliphatic rings. The summed E-state index contributed by atoms with van der Waals surface area (Å²) in [6, 6.07) is 32.0. The summed E-state index contributed by atoms with van der Waals surface area (Å²) in [5, 5.41) is 0. The molecule has 0 bridgehead atoms. The van der Waals surface area contributed by atoms with Gasteiger partial charge in [0.15, 0.2) is 0 Å². The van der Waals surface area contributed by atoms with E-state index in [2.05, 4.69) is 129 Å². The van der Waals surface area contributed by atoms with Crippen molar-refractivity contribution < 1.29 is 11.9 Å². The molecular formula is C39H39Cl2N3Ru. The molecule has 1 fully saturated rings. The summed E-state index contributed by atoms with van der Waals surface area (Å²) in [6.45, 7) is 14.8. The summed E-state index contributed by atoms with van der Waals surface area (Å²) >= 11 is -3.77. The molecule has 6 heteroatoms. The number of pyridine rings is 1. The van der Waals surface area contributed by atoms with Crippen molar-refractivity contribution in [2.75, 3.05) is 22.9 Å². The van der Waals surface area contributed by atoms with Gasteiger partial charge in [-0.2, -0.15) is 0 Å². The van der Waals surface area contributed by atoms with Crippen molar-refractivity contribution in [1.82, 2.24) is 4.98 Å². The molecule has 7 rings (SSSR count). The smallest absolute Gasteiger partial charge is 0.0267 e. The first-order chi connectivity index (χ1) is 21.6. The number of nitrogens with zero attached hydrogens (tertiary/aromatic N) is 3. The minimum absolute atomic E-state index is 0.839. The third-order valence-corrected chi connectivity index (χ3v) is 15.3. The largest absolute Gasteiger partial charge is 0.265 e. The average molecular weight is 722 g/mol. The molecule has 3 nitrogen and oxygen atoms in total. The van der Waals surface area contributed by atoms with Gasteiger partial charge in [0.05, 0.1) is 0 Å². The van der Waals surface area contributed by atoms with E-state index in [0.29, 0.717) is 0 Å². The number of halogens is 2. The number of rotatable bonds is 2. The summed E-state index contributed by atoms with van der Waals surface area (Å²) in [5.41, 5.74) is 14.8. The van der Waals surface area contributed by atoms with Gasteiger partial charge < -0.3 is 0 Å². The van der Waals surface area contributed by atoms with Gasteiger partial charge in [-0.25, -0.2) is 0 Å². The number of anilines is 2. The second-order valence-corrected chi connectivity index (χ2v) is 21.1. The maximum absolute atomic E-state index is 7.94. The van der Waals surface area contributed by atoms with Crippen LogP contribution in [0.25, 0.3) is 11.1 Å². The van der Waals surface area contributed by atoms with E-state index >= 15 is 0 Å². The molecule has 0 N–H and O–H groups in total. The van der Waals surface area contributed by atoms with E-state index in [1.54, 1.807) is 12.4 Å². The molecule has 2 heterocycles. The van der Waals surface area contributed by atoms with Gasteiger partial charge in [0, 0.05) is 12.4 Å². The first kappa shape index (κ1) is 31.6. The van der Waals surface area contributed by atoms with E-state index in [4.69, 9.17) is 19.4 Å². The Morgan fingerprint density at radius 3 is 1.24 bits per heavy atom. The molecular weight excluding hydrogens is 682 g/mol. The van der Waals surface area contributed by atoms with Crippen molar-refractivity contribution in [2.24, 2.45) is 0 Å². The molecule has 1 aliphatic carbocycles. The third-order valence-electron chi connectivity index (χ3n) is 8.38.